The molecule has 1 aliphatic rings. The molecule has 8 nitrogen and oxygen atoms in total. The third kappa shape index (κ3) is 8.98. The van der Waals surface area contributed by atoms with Crippen LogP contribution >= 0.6 is 0 Å². The van der Waals surface area contributed by atoms with Crippen LogP contribution in [-0.4, -0.2) is 64.7 Å². The Morgan fingerprint density at radius 2 is 1.82 bits per heavy atom. The van der Waals surface area contributed by atoms with Crippen LogP contribution in [0.15, 0.2) is 47.5 Å². The van der Waals surface area contributed by atoms with E-state index in [0.29, 0.717) is 48.2 Å². The number of nitriles is 1. The van der Waals surface area contributed by atoms with Crippen LogP contribution in [0.25, 0.3) is 0 Å². The zero-order valence-corrected chi connectivity index (χ0v) is 22.8. The summed E-state index contributed by atoms with van der Waals surface area (Å²) < 4.78 is 13.3. The number of benzene rings is 2. The highest BCUT2D eigenvalue weighted by atomic mass is 19.1. The molecule has 0 bridgehead atoms. The number of hydrogen-bond donors (Lipinski definition) is 2. The molecule has 3 N–H and O–H groups in total. The number of halogens is 1. The van der Waals surface area contributed by atoms with Gasteiger partial charge in [0.15, 0.2) is 17.8 Å². The molecule has 2 atom stereocenters. The minimum absolute atomic E-state index is 0.00247. The van der Waals surface area contributed by atoms with E-state index in [-0.39, 0.29) is 30.0 Å². The number of guanidine groups is 1. The maximum Gasteiger partial charge on any atom is 0.209 e. The number of hydrogen-bond acceptors (Lipinski definition) is 6. The smallest absolute Gasteiger partial charge is 0.209 e. The van der Waals surface area contributed by atoms with Crippen molar-refractivity contribution in [1.29, 1.82) is 5.26 Å². The lowest BCUT2D eigenvalue weighted by Crippen LogP contribution is -2.44. The molecule has 1 heterocycles. The van der Waals surface area contributed by atoms with Crippen LogP contribution in [-0.2, 0) is 6.42 Å². The maximum absolute atomic E-state index is 13.3. The molecule has 0 radical (unpaired) electrons. The van der Waals surface area contributed by atoms with Crippen molar-refractivity contribution >= 4 is 23.2 Å². The summed E-state index contributed by atoms with van der Waals surface area (Å²) >= 11 is 0. The molecule has 208 valence electrons. The van der Waals surface area contributed by atoms with Crippen LogP contribution in [0.3, 0.4) is 0 Å². The van der Waals surface area contributed by atoms with E-state index in [1.807, 2.05) is 12.1 Å². The highest BCUT2D eigenvalue weighted by molar-refractivity contribution is 6.01. The van der Waals surface area contributed by atoms with Crippen molar-refractivity contribution in [3.05, 3.63) is 65.0 Å². The third-order valence-electron chi connectivity index (χ3n) is 7.28. The van der Waals surface area contributed by atoms with Crippen LogP contribution in [0.2, 0.25) is 0 Å². The van der Waals surface area contributed by atoms with E-state index in [4.69, 9.17) is 5.73 Å². The Morgan fingerprint density at radius 1 is 1.15 bits per heavy atom. The first-order valence-electron chi connectivity index (χ1n) is 13.5. The summed E-state index contributed by atoms with van der Waals surface area (Å²) in [6.45, 7) is 5.11. The number of rotatable bonds is 12. The van der Waals surface area contributed by atoms with Gasteiger partial charge in [0.2, 0.25) is 5.96 Å². The second-order valence-corrected chi connectivity index (χ2v) is 10.2. The zero-order valence-electron chi connectivity index (χ0n) is 22.8. The molecule has 39 heavy (non-hydrogen) atoms. The first-order valence-corrected chi connectivity index (χ1v) is 13.5. The number of Topliss-reactive ketones (excluding diaryl/α,β-unsaturated/α-hetero) is 2. The SMILES string of the molecule is CC(=O)c1cc(N=C(N)N(C#N)CCC[C@H]2C[C@H](Cc3ccc(F)cc3)CCN2CCCO)cc(C(C)=O)c1. The van der Waals surface area contributed by atoms with Crippen molar-refractivity contribution in [3.8, 4) is 6.19 Å². The highest BCUT2D eigenvalue weighted by Crippen LogP contribution is 2.29. The first kappa shape index (κ1) is 29.9. The van der Waals surface area contributed by atoms with Crippen LogP contribution < -0.4 is 5.73 Å². The average Bonchev–Trinajstić information content (AvgIpc) is 2.91. The number of ketones is 2. The Hall–Kier alpha value is -3.61. The number of likely N-dealkylation sites (tertiary alicyclic amines) is 1. The van der Waals surface area contributed by atoms with Gasteiger partial charge in [-0.1, -0.05) is 12.1 Å². The Bertz CT molecular complexity index is 1180. The van der Waals surface area contributed by atoms with Gasteiger partial charge in [0, 0.05) is 36.9 Å². The molecule has 9 heteroatoms. The van der Waals surface area contributed by atoms with Crippen molar-refractivity contribution in [2.45, 2.75) is 58.4 Å². The van der Waals surface area contributed by atoms with Crippen molar-refractivity contribution in [1.82, 2.24) is 9.80 Å². The zero-order chi connectivity index (χ0) is 28.4. The standard InChI is InChI=1S/C30H38FN5O3/c1-21(38)25-17-26(22(2)39)19-28(18-25)34-30(33)36(20-32)11-3-5-29-16-24(10-13-35(29)12-4-14-37)15-23-6-8-27(31)9-7-23/h6-9,17-19,24,29,37H,3-5,10-16H2,1-2H3,(H2,33,34)/t24-,29-/m0/s1. The number of carbonyl (C=O) groups excluding carboxylic acids is 2. The number of piperidine rings is 1. The van der Waals surface area contributed by atoms with Crippen LogP contribution in [0.1, 0.15) is 72.2 Å². The number of nitrogens with two attached hydrogens (primary N) is 1. The fourth-order valence-electron chi connectivity index (χ4n) is 5.17. The van der Waals surface area contributed by atoms with E-state index in [1.165, 1.54) is 36.9 Å². The number of nitrogens with zero attached hydrogens (tertiary/aromatic N) is 4. The summed E-state index contributed by atoms with van der Waals surface area (Å²) in [5.41, 5.74) is 8.35. The van der Waals surface area contributed by atoms with Crippen LogP contribution in [0.4, 0.5) is 10.1 Å². The highest BCUT2D eigenvalue weighted by Gasteiger charge is 2.28. The van der Waals surface area contributed by atoms with Gasteiger partial charge >= 0.3 is 0 Å². The largest absolute Gasteiger partial charge is 0.396 e. The number of aliphatic hydroxyl groups is 1. The van der Waals surface area contributed by atoms with Gasteiger partial charge in [-0.05, 0) is 101 Å². The molecular weight excluding hydrogens is 497 g/mol. The molecule has 0 aliphatic carbocycles. The molecule has 2 aromatic rings. The molecule has 0 aromatic heterocycles. The lowest BCUT2D eigenvalue weighted by molar-refractivity contribution is 0.0948. The average molecular weight is 536 g/mol. The van der Waals surface area contributed by atoms with Crippen molar-refractivity contribution in [2.24, 2.45) is 16.6 Å². The van der Waals surface area contributed by atoms with Crippen LogP contribution in [0.5, 0.6) is 0 Å². The third-order valence-corrected chi connectivity index (χ3v) is 7.28. The Balaban J connectivity index is 1.65. The molecule has 1 aliphatic heterocycles. The molecule has 3 rings (SSSR count). The lowest BCUT2D eigenvalue weighted by atomic mass is 9.84. The van der Waals surface area contributed by atoms with E-state index in [2.05, 4.69) is 16.1 Å². The molecule has 0 amide bonds. The molecule has 2 aromatic carbocycles. The van der Waals surface area contributed by atoms with Gasteiger partial charge in [0.05, 0.1) is 5.69 Å². The van der Waals surface area contributed by atoms with Crippen molar-refractivity contribution < 1.29 is 19.1 Å². The summed E-state index contributed by atoms with van der Waals surface area (Å²) in [4.78, 5) is 31.8. The van der Waals surface area contributed by atoms with Gasteiger partial charge in [-0.15, -0.1) is 0 Å². The maximum atomic E-state index is 13.3. The second kappa shape index (κ2) is 14.5. The van der Waals surface area contributed by atoms with Crippen molar-refractivity contribution in [3.63, 3.8) is 0 Å². The van der Waals surface area contributed by atoms with Gasteiger partial charge in [-0.2, -0.15) is 5.26 Å². The number of carbonyl (C=O) groups is 2. The minimum atomic E-state index is -0.230. The Morgan fingerprint density at radius 3 is 2.41 bits per heavy atom. The summed E-state index contributed by atoms with van der Waals surface area (Å²) in [5, 5.41) is 19.1. The molecule has 0 saturated carbocycles. The van der Waals surface area contributed by atoms with Gasteiger partial charge in [-0.3, -0.25) is 9.59 Å². The first-order chi connectivity index (χ1) is 18.7. The van der Waals surface area contributed by atoms with E-state index in [9.17, 15) is 24.3 Å². The molecule has 1 fully saturated rings. The fourth-order valence-corrected chi connectivity index (χ4v) is 5.17. The van der Waals surface area contributed by atoms with Crippen molar-refractivity contribution in [2.75, 3.05) is 26.2 Å². The molecule has 1 saturated heterocycles. The number of aliphatic hydroxyl groups excluding tert-OH is 1. The van der Waals surface area contributed by atoms with E-state index < -0.39 is 0 Å². The van der Waals surface area contributed by atoms with Gasteiger partial charge in [0.25, 0.3) is 0 Å². The number of aliphatic imine (C=N–C) groups is 1. The lowest BCUT2D eigenvalue weighted by Gasteiger charge is -2.40. The molecule has 0 spiro atoms. The van der Waals surface area contributed by atoms with Crippen LogP contribution in [0, 0.1) is 23.2 Å². The normalized spacial score (nSPS) is 18.0. The van der Waals surface area contributed by atoms with E-state index in [0.717, 1.165) is 44.3 Å². The summed E-state index contributed by atoms with van der Waals surface area (Å²) in [6.07, 6.45) is 7.30. The van der Waals surface area contributed by atoms with Gasteiger partial charge in [0.1, 0.15) is 5.82 Å². The monoisotopic (exact) mass is 535 g/mol. The Labute approximate surface area is 229 Å². The minimum Gasteiger partial charge on any atom is -0.396 e. The van der Waals surface area contributed by atoms with E-state index >= 15 is 0 Å². The van der Waals surface area contributed by atoms with Gasteiger partial charge < -0.3 is 15.7 Å². The fraction of sp³-hybridized carbons (Fsp3) is 0.467. The molecular formula is C30H38FN5O3. The molecule has 0 unspecified atom stereocenters. The Kier molecular flexibility index (Phi) is 11.1. The predicted molar refractivity (Wildman–Crippen MR) is 149 cm³/mol. The summed E-state index contributed by atoms with van der Waals surface area (Å²) in [7, 11) is 0. The predicted octanol–water partition coefficient (Wildman–Crippen LogP) is 4.45. The summed E-state index contributed by atoms with van der Waals surface area (Å²) in [5.74, 6) is -0.134. The summed E-state index contributed by atoms with van der Waals surface area (Å²) in [6, 6.07) is 11.6. The van der Waals surface area contributed by atoms with Gasteiger partial charge in [-0.25, -0.2) is 14.3 Å². The second-order valence-electron chi connectivity index (χ2n) is 10.2. The van der Waals surface area contributed by atoms with E-state index in [1.54, 1.807) is 12.1 Å². The topological polar surface area (TPSA) is 123 Å². The quantitative estimate of drug-likeness (QED) is 0.135.